The van der Waals surface area contributed by atoms with Gasteiger partial charge in [0.15, 0.2) is 5.08 Å². The van der Waals surface area contributed by atoms with Gasteiger partial charge in [-0.1, -0.05) is 6.07 Å². The molecule has 0 aliphatic carbocycles. The normalized spacial score (nSPS) is 12.3. The van der Waals surface area contributed by atoms with E-state index in [4.69, 9.17) is 0 Å². The zero-order valence-electron chi connectivity index (χ0n) is 7.52. The van der Waals surface area contributed by atoms with E-state index < -0.39 is 31.3 Å². The van der Waals surface area contributed by atoms with Crippen LogP contribution in [0.5, 0.6) is 0 Å². The average Bonchev–Trinajstić information content (AvgIpc) is 2.48. The lowest BCUT2D eigenvalue weighted by Gasteiger charge is -2.07. The van der Waals surface area contributed by atoms with E-state index in [1.807, 2.05) is 0 Å². The van der Waals surface area contributed by atoms with Gasteiger partial charge in [0.05, 0.1) is 0 Å². The third-order valence-corrected chi connectivity index (χ3v) is 4.78. The Bertz CT molecular complexity index is 566. The minimum absolute atomic E-state index is 0.00753. The van der Waals surface area contributed by atoms with Gasteiger partial charge in [0.25, 0.3) is 0 Å². The Hall–Kier alpha value is -0.970. The van der Waals surface area contributed by atoms with Crippen molar-refractivity contribution in [3.63, 3.8) is 0 Å². The van der Waals surface area contributed by atoms with Crippen LogP contribution in [0, 0.1) is 0 Å². The maximum Gasteiger partial charge on any atom is 0.363 e. The van der Waals surface area contributed by atoms with Crippen molar-refractivity contribution in [1.29, 1.82) is 0 Å². The molecule has 0 fully saturated rings. The summed E-state index contributed by atoms with van der Waals surface area (Å²) < 4.78 is 56.4. The lowest BCUT2D eigenvalue weighted by atomic mass is 10.5. The number of hydrogen-bond acceptors (Lipinski definition) is 8. The smallest absolute Gasteiger partial charge is 0.363 e. The molecule has 0 radical (unpaired) electrons. The second kappa shape index (κ2) is 4.49. The molecule has 0 N–H and O–H groups in total. The molecule has 0 aliphatic rings. The fraction of sp³-hybridized carbons (Fsp3) is 0.167. The highest BCUT2D eigenvalue weighted by molar-refractivity contribution is 8.03. The van der Waals surface area contributed by atoms with E-state index in [1.165, 1.54) is 17.5 Å². The van der Waals surface area contributed by atoms with Crippen molar-refractivity contribution in [2.45, 2.75) is 0 Å². The Morgan fingerprint density at radius 1 is 1.38 bits per heavy atom. The highest BCUT2D eigenvalue weighted by Crippen LogP contribution is 2.12. The van der Waals surface area contributed by atoms with Gasteiger partial charge in [0.2, 0.25) is 0 Å². The molecule has 0 saturated heterocycles. The first-order chi connectivity index (χ1) is 7.20. The first-order valence-electron chi connectivity index (χ1n) is 3.63. The summed E-state index contributed by atoms with van der Waals surface area (Å²) in [6.45, 7) is 0. The van der Waals surface area contributed by atoms with Gasteiger partial charge in [0, 0.05) is 0 Å². The van der Waals surface area contributed by atoms with E-state index in [0.717, 1.165) is 11.3 Å². The van der Waals surface area contributed by atoms with Crippen LogP contribution in [0.15, 0.2) is 17.5 Å². The molecule has 7 nitrogen and oxygen atoms in total. The molecular weight excluding hydrogens is 280 g/mol. The molecule has 0 aromatic carbocycles. The zero-order valence-corrected chi connectivity index (χ0v) is 9.97. The summed E-state index contributed by atoms with van der Waals surface area (Å²) in [5.41, 5.74) is 0. The maximum absolute atomic E-state index is 11.1. The summed E-state index contributed by atoms with van der Waals surface area (Å²) in [4.78, 5) is 11.1. The predicted molar refractivity (Wildman–Crippen MR) is 53.2 cm³/mol. The molecule has 0 aliphatic heterocycles. The highest BCUT2D eigenvalue weighted by atomic mass is 32.3. The first-order valence-corrected chi connectivity index (χ1v) is 7.67. The molecule has 0 atom stereocenters. The van der Waals surface area contributed by atoms with Crippen molar-refractivity contribution < 1.29 is 30.4 Å². The van der Waals surface area contributed by atoms with Crippen molar-refractivity contribution in [2.75, 3.05) is 5.08 Å². The van der Waals surface area contributed by atoms with Gasteiger partial charge < -0.3 is 8.74 Å². The van der Waals surface area contributed by atoms with Gasteiger partial charge in [-0.2, -0.15) is 8.42 Å². The molecule has 0 amide bonds. The summed E-state index contributed by atoms with van der Waals surface area (Å²) in [5.74, 6) is -1.21. The zero-order chi connectivity index (χ0) is 12.4. The van der Waals surface area contributed by atoms with Crippen LogP contribution in [0.4, 0.5) is 0 Å². The molecule has 0 spiro atoms. The fourth-order valence-electron chi connectivity index (χ4n) is 0.752. The van der Waals surface area contributed by atoms with Crippen molar-refractivity contribution in [3.05, 3.63) is 22.4 Å². The molecule has 90 valence electrons. The quantitative estimate of drug-likeness (QED) is 0.552. The Balaban J connectivity index is 2.79. The second-order valence-corrected chi connectivity index (χ2v) is 6.87. The van der Waals surface area contributed by atoms with Gasteiger partial charge in [-0.05, 0) is 11.4 Å². The second-order valence-electron chi connectivity index (χ2n) is 2.58. The maximum atomic E-state index is 11.1. The first kappa shape index (κ1) is 13.1. The monoisotopic (exact) mass is 285 g/mol. The molecule has 10 heteroatoms. The van der Waals surface area contributed by atoms with Crippen LogP contribution in [-0.4, -0.2) is 32.4 Å². The summed E-state index contributed by atoms with van der Waals surface area (Å²) in [5, 5.41) is -0.259. The van der Waals surface area contributed by atoms with E-state index in [-0.39, 0.29) is 4.88 Å². The number of rotatable bonds is 4. The molecule has 1 aromatic rings. The molecule has 0 unspecified atom stereocenters. The van der Waals surface area contributed by atoms with E-state index in [2.05, 4.69) is 4.18 Å². The third kappa shape index (κ3) is 4.26. The minimum Gasteiger partial charge on any atom is -0.747 e. The molecule has 0 bridgehead atoms. The van der Waals surface area contributed by atoms with Gasteiger partial charge in [-0.25, -0.2) is 13.2 Å². The number of carbonyl (C=O) groups excluding carboxylic acids is 1. The summed E-state index contributed by atoms with van der Waals surface area (Å²) in [6, 6.07) is 2.78. The van der Waals surface area contributed by atoms with Gasteiger partial charge >= 0.3 is 16.1 Å². The summed E-state index contributed by atoms with van der Waals surface area (Å²) in [7, 11) is -9.72. The van der Waals surface area contributed by atoms with Gasteiger partial charge in [-0.15, -0.1) is 11.3 Å². The third-order valence-electron chi connectivity index (χ3n) is 1.21. The number of thiophene rings is 1. The van der Waals surface area contributed by atoms with Crippen molar-refractivity contribution in [1.82, 2.24) is 0 Å². The fourth-order valence-corrected chi connectivity index (χ4v) is 3.33. The lowest BCUT2D eigenvalue weighted by molar-refractivity contribution is 0.0753. The van der Waals surface area contributed by atoms with E-state index in [0.29, 0.717) is 0 Å². The topological polar surface area (TPSA) is 118 Å². The summed E-state index contributed by atoms with van der Waals surface area (Å²) >= 11 is 0.923. The van der Waals surface area contributed by atoms with Gasteiger partial charge in [0.1, 0.15) is 15.0 Å². The number of carbonyl (C=O) groups is 1. The molecule has 0 saturated carbocycles. The molecule has 1 rings (SSSR count). The molecule has 16 heavy (non-hydrogen) atoms. The SMILES string of the molecule is O=C(OS(=O)(=O)CS(=O)(=O)[O-])c1cccs1. The largest absolute Gasteiger partial charge is 0.747 e. The van der Waals surface area contributed by atoms with Crippen LogP contribution < -0.4 is 0 Å². The lowest BCUT2D eigenvalue weighted by Crippen LogP contribution is -2.21. The molecule has 1 heterocycles. The van der Waals surface area contributed by atoms with E-state index in [1.54, 1.807) is 0 Å². The highest BCUT2D eigenvalue weighted by Gasteiger charge is 2.22. The van der Waals surface area contributed by atoms with Crippen molar-refractivity contribution in [2.24, 2.45) is 0 Å². The predicted octanol–water partition coefficient (Wildman–Crippen LogP) is -0.263. The van der Waals surface area contributed by atoms with Crippen molar-refractivity contribution in [3.8, 4) is 0 Å². The van der Waals surface area contributed by atoms with E-state index in [9.17, 15) is 26.2 Å². The van der Waals surface area contributed by atoms with Crippen LogP contribution in [0.3, 0.4) is 0 Å². The Kier molecular flexibility index (Phi) is 3.68. The molecular formula is C6H5O7S3-. The average molecular weight is 285 g/mol. The van der Waals surface area contributed by atoms with E-state index >= 15 is 0 Å². The van der Waals surface area contributed by atoms with Crippen LogP contribution in [0.1, 0.15) is 9.67 Å². The molecule has 1 aromatic heterocycles. The van der Waals surface area contributed by atoms with Gasteiger partial charge in [-0.3, -0.25) is 0 Å². The van der Waals surface area contributed by atoms with Crippen molar-refractivity contribution >= 4 is 37.5 Å². The number of hydrogen-bond donors (Lipinski definition) is 0. The van der Waals surface area contributed by atoms with Crippen LogP contribution in [0.25, 0.3) is 0 Å². The Morgan fingerprint density at radius 3 is 2.44 bits per heavy atom. The Labute approximate surface area is 95.5 Å². The van der Waals surface area contributed by atoms with Crippen LogP contribution in [-0.2, 0) is 24.4 Å². The standard InChI is InChI=1S/C6H6O7S3/c7-6(5-2-1-3-14-5)13-16(11,12)4-15(8,9)10/h1-3H,4H2,(H,8,9,10)/p-1. The minimum atomic E-state index is -5.01. The van der Waals surface area contributed by atoms with Crippen LogP contribution >= 0.6 is 11.3 Å². The Morgan fingerprint density at radius 2 is 2.00 bits per heavy atom. The summed E-state index contributed by atoms with van der Waals surface area (Å²) in [6.07, 6.45) is 0. The van der Waals surface area contributed by atoms with Crippen LogP contribution in [0.2, 0.25) is 0 Å².